The number of hydrogen-bond acceptors (Lipinski definition) is 4. The Labute approximate surface area is 118 Å². The van der Waals surface area contributed by atoms with E-state index in [4.69, 9.17) is 4.42 Å². The molecule has 0 aromatic carbocycles. The molecule has 20 heavy (non-hydrogen) atoms. The predicted octanol–water partition coefficient (Wildman–Crippen LogP) is 2.51. The summed E-state index contributed by atoms with van der Waals surface area (Å²) in [6.45, 7) is 2.82. The molecule has 2 N–H and O–H groups in total. The van der Waals surface area contributed by atoms with Gasteiger partial charge in [0.2, 0.25) is 0 Å². The fourth-order valence-electron chi connectivity index (χ4n) is 1.97. The molecule has 0 bridgehead atoms. The lowest BCUT2D eigenvalue weighted by Gasteiger charge is -2.12. The number of methoxy groups -OCH3 is 1. The third-order valence-electron chi connectivity index (χ3n) is 3.20. The molecule has 0 radical (unpaired) electrons. The van der Waals surface area contributed by atoms with Crippen molar-refractivity contribution in [2.75, 3.05) is 7.11 Å². The lowest BCUT2D eigenvalue weighted by Crippen LogP contribution is -2.26. The van der Waals surface area contributed by atoms with Crippen LogP contribution in [0.4, 0.5) is 0 Å². The fraction of sp³-hybridized carbons (Fsp3) is 0.400. The van der Waals surface area contributed by atoms with Crippen LogP contribution < -0.4 is 5.32 Å². The highest BCUT2D eigenvalue weighted by molar-refractivity contribution is 5.87. The maximum absolute atomic E-state index is 11.3. The fourth-order valence-corrected chi connectivity index (χ4v) is 1.97. The molecule has 5 heteroatoms. The Morgan fingerprint density at radius 3 is 3.00 bits per heavy atom. The first-order chi connectivity index (χ1) is 9.69. The molecule has 2 heterocycles. The normalized spacial score (nSPS) is 12.3. The van der Waals surface area contributed by atoms with Gasteiger partial charge in [0.15, 0.2) is 0 Å². The lowest BCUT2D eigenvalue weighted by atomic mass is 10.1. The van der Waals surface area contributed by atoms with E-state index in [1.54, 1.807) is 12.3 Å². The first-order valence-electron chi connectivity index (χ1n) is 6.71. The summed E-state index contributed by atoms with van der Waals surface area (Å²) in [5.41, 5.74) is 1.45. The highest BCUT2D eigenvalue weighted by Gasteiger charge is 2.09. The van der Waals surface area contributed by atoms with Crippen molar-refractivity contribution in [3.05, 3.63) is 47.7 Å². The minimum absolute atomic E-state index is 0.345. The number of aromatic amines is 1. The molecule has 0 aliphatic heterocycles. The van der Waals surface area contributed by atoms with E-state index >= 15 is 0 Å². The van der Waals surface area contributed by atoms with Crippen LogP contribution in [0.25, 0.3) is 0 Å². The topological polar surface area (TPSA) is 67.3 Å². The van der Waals surface area contributed by atoms with Crippen LogP contribution >= 0.6 is 0 Å². The number of carbonyl (C=O) groups is 1. The van der Waals surface area contributed by atoms with Gasteiger partial charge in [-0.25, -0.2) is 4.79 Å². The molecule has 0 spiro atoms. The summed E-state index contributed by atoms with van der Waals surface area (Å²) in [4.78, 5) is 14.3. The van der Waals surface area contributed by atoms with Crippen LogP contribution in [0.5, 0.6) is 0 Å². The first kappa shape index (κ1) is 14.4. The SMILES string of the molecule is COC(=O)c1ccc(CNC(C)CCc2ccco2)[nH]1. The standard InChI is InChI=1S/C15H20N2O3/c1-11(5-7-13-4-3-9-20-13)16-10-12-6-8-14(17-12)15(18)19-2/h3-4,6,8-9,11,16-17H,5,7,10H2,1-2H3. The van der Waals surface area contributed by atoms with Crippen molar-refractivity contribution in [2.45, 2.75) is 32.4 Å². The number of furan rings is 1. The van der Waals surface area contributed by atoms with Crippen LogP contribution in [0.3, 0.4) is 0 Å². The van der Waals surface area contributed by atoms with Gasteiger partial charge in [-0.15, -0.1) is 0 Å². The van der Waals surface area contributed by atoms with Crippen molar-refractivity contribution >= 4 is 5.97 Å². The van der Waals surface area contributed by atoms with E-state index in [0.717, 1.165) is 24.3 Å². The zero-order valence-electron chi connectivity index (χ0n) is 11.8. The second-order valence-electron chi connectivity index (χ2n) is 4.79. The average Bonchev–Trinajstić information content (AvgIpc) is 3.13. The number of rotatable bonds is 7. The van der Waals surface area contributed by atoms with Gasteiger partial charge in [0.25, 0.3) is 0 Å². The summed E-state index contributed by atoms with van der Waals surface area (Å²) in [5, 5.41) is 3.41. The lowest BCUT2D eigenvalue weighted by molar-refractivity contribution is 0.0594. The molecule has 0 saturated carbocycles. The van der Waals surface area contributed by atoms with Crippen molar-refractivity contribution in [2.24, 2.45) is 0 Å². The Bertz CT molecular complexity index is 531. The number of H-pyrrole nitrogens is 1. The molecule has 0 aliphatic carbocycles. The van der Waals surface area contributed by atoms with Crippen molar-refractivity contribution in [1.82, 2.24) is 10.3 Å². The Hall–Kier alpha value is -2.01. The van der Waals surface area contributed by atoms with Crippen LogP contribution in [0.1, 0.15) is 35.3 Å². The van der Waals surface area contributed by atoms with Gasteiger partial charge in [0, 0.05) is 24.7 Å². The summed E-state index contributed by atoms with van der Waals surface area (Å²) in [6, 6.07) is 7.88. The Kier molecular flexibility index (Phi) is 5.01. The quantitative estimate of drug-likeness (QED) is 0.762. The summed E-state index contributed by atoms with van der Waals surface area (Å²) in [6.07, 6.45) is 3.61. The van der Waals surface area contributed by atoms with Crippen molar-refractivity contribution in [3.8, 4) is 0 Å². The molecule has 2 aromatic rings. The van der Waals surface area contributed by atoms with Gasteiger partial charge in [-0.05, 0) is 37.6 Å². The molecular formula is C15H20N2O3. The van der Waals surface area contributed by atoms with Gasteiger partial charge in [0.1, 0.15) is 11.5 Å². The van der Waals surface area contributed by atoms with Crippen LogP contribution in [0, 0.1) is 0 Å². The highest BCUT2D eigenvalue weighted by atomic mass is 16.5. The van der Waals surface area contributed by atoms with Gasteiger partial charge in [-0.3, -0.25) is 0 Å². The van der Waals surface area contributed by atoms with Gasteiger partial charge >= 0.3 is 5.97 Å². The Morgan fingerprint density at radius 2 is 2.30 bits per heavy atom. The van der Waals surface area contributed by atoms with Crippen molar-refractivity contribution < 1.29 is 13.9 Å². The van der Waals surface area contributed by atoms with Crippen molar-refractivity contribution in [3.63, 3.8) is 0 Å². The minimum Gasteiger partial charge on any atom is -0.469 e. The summed E-state index contributed by atoms with van der Waals surface area (Å²) in [5.74, 6) is 0.661. The molecular weight excluding hydrogens is 256 g/mol. The molecule has 1 unspecified atom stereocenters. The number of nitrogens with one attached hydrogen (secondary N) is 2. The zero-order valence-corrected chi connectivity index (χ0v) is 11.8. The summed E-state index contributed by atoms with van der Waals surface area (Å²) < 4.78 is 9.96. The zero-order chi connectivity index (χ0) is 14.4. The second kappa shape index (κ2) is 6.96. The maximum Gasteiger partial charge on any atom is 0.354 e. The van der Waals surface area contributed by atoms with E-state index in [-0.39, 0.29) is 5.97 Å². The van der Waals surface area contributed by atoms with E-state index in [0.29, 0.717) is 18.3 Å². The van der Waals surface area contributed by atoms with Gasteiger partial charge in [-0.2, -0.15) is 0 Å². The monoisotopic (exact) mass is 276 g/mol. The predicted molar refractivity (Wildman–Crippen MR) is 75.5 cm³/mol. The highest BCUT2D eigenvalue weighted by Crippen LogP contribution is 2.07. The molecule has 0 amide bonds. The van der Waals surface area contributed by atoms with Crippen LogP contribution in [-0.4, -0.2) is 24.1 Å². The third kappa shape index (κ3) is 3.99. The summed E-state index contributed by atoms with van der Waals surface area (Å²) in [7, 11) is 1.37. The molecule has 0 fully saturated rings. The van der Waals surface area contributed by atoms with E-state index in [2.05, 4.69) is 22.0 Å². The number of hydrogen-bond donors (Lipinski definition) is 2. The maximum atomic E-state index is 11.3. The van der Waals surface area contributed by atoms with E-state index in [1.807, 2.05) is 18.2 Å². The average molecular weight is 276 g/mol. The molecule has 0 aliphatic rings. The van der Waals surface area contributed by atoms with Gasteiger partial charge < -0.3 is 19.5 Å². The van der Waals surface area contributed by atoms with E-state index < -0.39 is 0 Å². The molecule has 2 aromatic heterocycles. The van der Waals surface area contributed by atoms with Crippen LogP contribution in [-0.2, 0) is 17.7 Å². The van der Waals surface area contributed by atoms with E-state index in [9.17, 15) is 4.79 Å². The Balaban J connectivity index is 1.74. The summed E-state index contributed by atoms with van der Waals surface area (Å²) >= 11 is 0. The number of ether oxygens (including phenoxy) is 1. The first-order valence-corrected chi connectivity index (χ1v) is 6.71. The van der Waals surface area contributed by atoms with E-state index in [1.165, 1.54) is 7.11 Å². The number of aromatic nitrogens is 1. The third-order valence-corrected chi connectivity index (χ3v) is 3.20. The van der Waals surface area contributed by atoms with Gasteiger partial charge in [-0.1, -0.05) is 0 Å². The van der Waals surface area contributed by atoms with Crippen LogP contribution in [0.2, 0.25) is 0 Å². The molecule has 5 nitrogen and oxygen atoms in total. The largest absolute Gasteiger partial charge is 0.469 e. The number of esters is 1. The Morgan fingerprint density at radius 1 is 1.45 bits per heavy atom. The molecule has 0 saturated heterocycles. The molecule has 1 atom stereocenters. The molecule has 2 rings (SSSR count). The molecule has 108 valence electrons. The number of aryl methyl sites for hydroxylation is 1. The minimum atomic E-state index is -0.345. The second-order valence-corrected chi connectivity index (χ2v) is 4.79. The van der Waals surface area contributed by atoms with Gasteiger partial charge in [0.05, 0.1) is 13.4 Å². The van der Waals surface area contributed by atoms with Crippen molar-refractivity contribution in [1.29, 1.82) is 0 Å². The number of carbonyl (C=O) groups excluding carboxylic acids is 1. The van der Waals surface area contributed by atoms with Crippen LogP contribution in [0.15, 0.2) is 34.9 Å². The smallest absolute Gasteiger partial charge is 0.354 e.